The van der Waals surface area contributed by atoms with E-state index >= 15 is 0 Å². The van der Waals surface area contributed by atoms with Crippen LogP contribution in [0.2, 0.25) is 5.02 Å². The van der Waals surface area contributed by atoms with Gasteiger partial charge in [-0.15, -0.1) is 5.10 Å². The Morgan fingerprint density at radius 2 is 2.16 bits per heavy atom. The predicted octanol–water partition coefficient (Wildman–Crippen LogP) is 2.67. The van der Waals surface area contributed by atoms with Crippen LogP contribution in [0.3, 0.4) is 0 Å². The fourth-order valence-electron chi connectivity index (χ4n) is 1.70. The number of hydrogen-bond acceptors (Lipinski definition) is 4. The van der Waals surface area contributed by atoms with Gasteiger partial charge in [-0.2, -0.15) is 0 Å². The van der Waals surface area contributed by atoms with Gasteiger partial charge in [-0.1, -0.05) is 17.7 Å². The van der Waals surface area contributed by atoms with Gasteiger partial charge in [0.2, 0.25) is 0 Å². The van der Waals surface area contributed by atoms with Crippen molar-refractivity contribution in [1.82, 2.24) is 14.6 Å². The number of ether oxygens (including phenoxy) is 1. The number of halogens is 1. The van der Waals surface area contributed by atoms with Crippen LogP contribution in [-0.4, -0.2) is 19.7 Å². The zero-order valence-electron chi connectivity index (χ0n) is 9.82. The smallest absolute Gasteiger partial charge is 0.189 e. The molecule has 0 radical (unpaired) electrons. The molecule has 1 N–H and O–H groups in total. The van der Waals surface area contributed by atoms with Crippen LogP contribution in [0.15, 0.2) is 42.6 Å². The first-order valence-corrected chi connectivity index (χ1v) is 6.02. The third-order valence-corrected chi connectivity index (χ3v) is 2.84. The molecule has 0 aliphatic heterocycles. The number of rotatable bonds is 3. The normalized spacial score (nSPS) is 10.8. The van der Waals surface area contributed by atoms with Crippen LogP contribution in [0, 0.1) is 0 Å². The quantitative estimate of drug-likeness (QED) is 0.798. The zero-order chi connectivity index (χ0) is 13.2. The minimum Gasteiger partial charge on any atom is -0.508 e. The summed E-state index contributed by atoms with van der Waals surface area (Å²) in [7, 11) is 0. The average Bonchev–Trinajstić information content (AvgIpc) is 2.81. The molecule has 0 spiro atoms. The first-order chi connectivity index (χ1) is 9.22. The summed E-state index contributed by atoms with van der Waals surface area (Å²) in [4.78, 5) is 4.28. The largest absolute Gasteiger partial charge is 0.508 e. The Bertz CT molecular complexity index is 727. The van der Waals surface area contributed by atoms with Gasteiger partial charge in [0, 0.05) is 12.3 Å². The number of pyridine rings is 1. The lowest BCUT2D eigenvalue weighted by molar-refractivity contribution is 0.294. The Balaban J connectivity index is 1.80. The minimum absolute atomic E-state index is 0.156. The standard InChI is InChI=1S/C13H10ClN3O2/c14-11-5-2-6-17-13(11)15-12(16-17)8-19-10-4-1-3-9(18)7-10/h1-7,18H,8H2. The van der Waals surface area contributed by atoms with Crippen LogP contribution >= 0.6 is 11.6 Å². The van der Waals surface area contributed by atoms with Crippen LogP contribution in [0.25, 0.3) is 5.65 Å². The van der Waals surface area contributed by atoms with Crippen molar-refractivity contribution in [3.63, 3.8) is 0 Å². The van der Waals surface area contributed by atoms with Crippen LogP contribution in [0.4, 0.5) is 0 Å². The molecule has 3 rings (SSSR count). The lowest BCUT2D eigenvalue weighted by atomic mass is 10.3. The van der Waals surface area contributed by atoms with Gasteiger partial charge >= 0.3 is 0 Å². The molecule has 0 atom stereocenters. The molecule has 2 aromatic heterocycles. The van der Waals surface area contributed by atoms with E-state index in [1.807, 2.05) is 0 Å². The van der Waals surface area contributed by atoms with Gasteiger partial charge in [-0.25, -0.2) is 9.50 Å². The molecule has 0 unspecified atom stereocenters. The second-order valence-corrected chi connectivity index (χ2v) is 4.35. The molecule has 96 valence electrons. The monoisotopic (exact) mass is 275 g/mol. The fraction of sp³-hybridized carbons (Fsp3) is 0.0769. The van der Waals surface area contributed by atoms with Gasteiger partial charge in [0.05, 0.1) is 5.02 Å². The Labute approximate surface area is 114 Å². The number of phenolic OH excluding ortho intramolecular Hbond substituents is 1. The third kappa shape index (κ3) is 2.46. The van der Waals surface area contributed by atoms with Gasteiger partial charge in [-0.3, -0.25) is 0 Å². The number of phenols is 1. The highest BCUT2D eigenvalue weighted by Gasteiger charge is 2.07. The molecule has 0 aliphatic rings. The summed E-state index contributed by atoms with van der Waals surface area (Å²) in [6.07, 6.45) is 1.77. The van der Waals surface area contributed by atoms with E-state index in [-0.39, 0.29) is 12.4 Å². The lowest BCUT2D eigenvalue weighted by Gasteiger charge is -2.02. The van der Waals surface area contributed by atoms with Gasteiger partial charge < -0.3 is 9.84 Å². The van der Waals surface area contributed by atoms with Crippen molar-refractivity contribution in [3.05, 3.63) is 53.4 Å². The molecule has 6 heteroatoms. The van der Waals surface area contributed by atoms with Crippen molar-refractivity contribution in [2.24, 2.45) is 0 Å². The molecule has 19 heavy (non-hydrogen) atoms. The number of aromatic nitrogens is 3. The lowest BCUT2D eigenvalue weighted by Crippen LogP contribution is -1.97. The summed E-state index contributed by atoms with van der Waals surface area (Å²) < 4.78 is 7.10. The summed E-state index contributed by atoms with van der Waals surface area (Å²) in [5.74, 6) is 1.24. The van der Waals surface area contributed by atoms with Crippen molar-refractivity contribution in [3.8, 4) is 11.5 Å². The van der Waals surface area contributed by atoms with Gasteiger partial charge in [0.15, 0.2) is 11.5 Å². The molecule has 0 saturated heterocycles. The highest BCUT2D eigenvalue weighted by molar-refractivity contribution is 6.33. The molecular weight excluding hydrogens is 266 g/mol. The van der Waals surface area contributed by atoms with E-state index in [9.17, 15) is 5.11 Å². The average molecular weight is 276 g/mol. The molecule has 3 aromatic rings. The molecule has 0 amide bonds. The molecule has 0 aliphatic carbocycles. The van der Waals surface area contributed by atoms with Crippen LogP contribution < -0.4 is 4.74 Å². The maximum absolute atomic E-state index is 9.33. The third-order valence-electron chi connectivity index (χ3n) is 2.54. The second kappa shape index (κ2) is 4.78. The van der Waals surface area contributed by atoms with E-state index in [1.165, 1.54) is 6.07 Å². The van der Waals surface area contributed by atoms with Crippen LogP contribution in [0.5, 0.6) is 11.5 Å². The Kier molecular flexibility index (Phi) is 2.97. The maximum Gasteiger partial charge on any atom is 0.189 e. The molecule has 5 nitrogen and oxygen atoms in total. The molecule has 1 aromatic carbocycles. The molecule has 0 saturated carbocycles. The van der Waals surface area contributed by atoms with Crippen molar-refractivity contribution in [2.75, 3.05) is 0 Å². The van der Waals surface area contributed by atoms with E-state index in [4.69, 9.17) is 16.3 Å². The van der Waals surface area contributed by atoms with Crippen LogP contribution in [-0.2, 0) is 6.61 Å². The predicted molar refractivity (Wildman–Crippen MR) is 70.4 cm³/mol. The summed E-state index contributed by atoms with van der Waals surface area (Å²) >= 11 is 6.01. The van der Waals surface area contributed by atoms with E-state index in [0.29, 0.717) is 22.2 Å². The topological polar surface area (TPSA) is 59.7 Å². The van der Waals surface area contributed by atoms with Crippen molar-refractivity contribution < 1.29 is 9.84 Å². The SMILES string of the molecule is Oc1cccc(OCc2nc3c(Cl)cccn3n2)c1. The molecule has 0 bridgehead atoms. The number of nitrogens with zero attached hydrogens (tertiary/aromatic N) is 3. The number of benzene rings is 1. The molecule has 0 fully saturated rings. The molecular formula is C13H10ClN3O2. The van der Waals surface area contributed by atoms with Crippen LogP contribution in [0.1, 0.15) is 5.82 Å². The van der Waals surface area contributed by atoms with E-state index in [2.05, 4.69) is 10.1 Å². The Hall–Kier alpha value is -2.27. The van der Waals surface area contributed by atoms with Crippen molar-refractivity contribution in [2.45, 2.75) is 6.61 Å². The minimum atomic E-state index is 0.156. The summed E-state index contributed by atoms with van der Waals surface area (Å²) in [6.45, 7) is 0.210. The first kappa shape index (κ1) is 11.8. The van der Waals surface area contributed by atoms with Crippen molar-refractivity contribution in [1.29, 1.82) is 0 Å². The number of fused-ring (bicyclic) bond motifs is 1. The number of hydrogen-bond donors (Lipinski definition) is 1. The fourth-order valence-corrected chi connectivity index (χ4v) is 1.90. The molecule has 2 heterocycles. The Morgan fingerprint density at radius 1 is 1.26 bits per heavy atom. The van der Waals surface area contributed by atoms with Gasteiger partial charge in [-0.05, 0) is 24.3 Å². The van der Waals surface area contributed by atoms with Gasteiger partial charge in [0.25, 0.3) is 0 Å². The highest BCUT2D eigenvalue weighted by Crippen LogP contribution is 2.19. The van der Waals surface area contributed by atoms with E-state index in [1.54, 1.807) is 41.0 Å². The summed E-state index contributed by atoms with van der Waals surface area (Å²) in [5, 5.41) is 14.1. The van der Waals surface area contributed by atoms with E-state index in [0.717, 1.165) is 0 Å². The summed E-state index contributed by atoms with van der Waals surface area (Å²) in [5.41, 5.74) is 0.596. The Morgan fingerprint density at radius 3 is 2.95 bits per heavy atom. The summed E-state index contributed by atoms with van der Waals surface area (Å²) in [6, 6.07) is 10.1. The van der Waals surface area contributed by atoms with Crippen molar-refractivity contribution >= 4 is 17.2 Å². The van der Waals surface area contributed by atoms with E-state index < -0.39 is 0 Å². The second-order valence-electron chi connectivity index (χ2n) is 3.94. The first-order valence-electron chi connectivity index (χ1n) is 5.64. The number of aromatic hydroxyl groups is 1. The highest BCUT2D eigenvalue weighted by atomic mass is 35.5. The maximum atomic E-state index is 9.33. The van der Waals surface area contributed by atoms with Gasteiger partial charge in [0.1, 0.15) is 18.1 Å². The zero-order valence-corrected chi connectivity index (χ0v) is 10.6.